The molecule has 2 rings (SSSR count). The Balaban J connectivity index is 1.80. The fraction of sp³-hybridized carbons (Fsp3) is 0.833. The van der Waals surface area contributed by atoms with E-state index >= 15 is 0 Å². The average Bonchev–Trinajstić information content (AvgIpc) is 2.26. The summed E-state index contributed by atoms with van der Waals surface area (Å²) in [5.41, 5.74) is 0. The second kappa shape index (κ2) is 5.49. The van der Waals surface area contributed by atoms with E-state index in [4.69, 9.17) is 4.74 Å². The van der Waals surface area contributed by atoms with Crippen LogP contribution in [0.3, 0.4) is 0 Å². The summed E-state index contributed by atoms with van der Waals surface area (Å²) in [6.45, 7) is 3.81. The first kappa shape index (κ1) is 12.4. The van der Waals surface area contributed by atoms with Crippen molar-refractivity contribution in [2.75, 3.05) is 39.8 Å². The number of amides is 1. The zero-order valence-electron chi connectivity index (χ0n) is 10.4. The Bertz CT molecular complexity index is 302. The minimum absolute atomic E-state index is 0.0575. The number of esters is 1. The van der Waals surface area contributed by atoms with Crippen molar-refractivity contribution >= 4 is 11.9 Å². The van der Waals surface area contributed by atoms with Crippen molar-refractivity contribution in [3.05, 3.63) is 0 Å². The van der Waals surface area contributed by atoms with Crippen molar-refractivity contribution < 1.29 is 14.3 Å². The van der Waals surface area contributed by atoms with Gasteiger partial charge in [-0.25, -0.2) is 0 Å². The summed E-state index contributed by atoms with van der Waals surface area (Å²) in [6.07, 6.45) is 2.96. The lowest BCUT2D eigenvalue weighted by Gasteiger charge is -2.35. The minimum Gasteiger partial charge on any atom is -0.469 e. The van der Waals surface area contributed by atoms with Crippen molar-refractivity contribution in [3.63, 3.8) is 0 Å². The first-order valence-corrected chi connectivity index (χ1v) is 6.28. The van der Waals surface area contributed by atoms with Crippen LogP contribution in [0.5, 0.6) is 0 Å². The number of ether oxygens (including phenoxy) is 1. The summed E-state index contributed by atoms with van der Waals surface area (Å²) in [5, 5.41) is 0. The molecule has 5 nitrogen and oxygen atoms in total. The molecule has 5 heteroatoms. The molecule has 2 heterocycles. The Morgan fingerprint density at radius 3 is 2.59 bits per heavy atom. The molecule has 0 spiro atoms. The SMILES string of the molecule is COC(=O)C1CCCN(CC(=O)N2CCC2)C1. The topological polar surface area (TPSA) is 49.9 Å². The molecule has 2 fully saturated rings. The van der Waals surface area contributed by atoms with E-state index in [1.54, 1.807) is 0 Å². The number of carbonyl (C=O) groups is 2. The van der Waals surface area contributed by atoms with Crippen molar-refractivity contribution in [2.24, 2.45) is 5.92 Å². The van der Waals surface area contributed by atoms with Crippen LogP contribution >= 0.6 is 0 Å². The normalized spacial score (nSPS) is 25.2. The number of nitrogens with zero attached hydrogens (tertiary/aromatic N) is 2. The predicted octanol–water partition coefficient (Wildman–Crippen LogP) is 0.104. The summed E-state index contributed by atoms with van der Waals surface area (Å²) in [7, 11) is 1.42. The number of rotatable bonds is 3. The van der Waals surface area contributed by atoms with Crippen molar-refractivity contribution in [1.82, 2.24) is 9.80 Å². The smallest absolute Gasteiger partial charge is 0.309 e. The fourth-order valence-electron chi connectivity index (χ4n) is 2.42. The lowest BCUT2D eigenvalue weighted by molar-refractivity contribution is -0.148. The van der Waals surface area contributed by atoms with E-state index in [0.717, 1.165) is 38.9 Å². The number of carbonyl (C=O) groups excluding carboxylic acids is 2. The summed E-state index contributed by atoms with van der Waals surface area (Å²) >= 11 is 0. The molecule has 0 N–H and O–H groups in total. The van der Waals surface area contributed by atoms with Gasteiger partial charge in [0.1, 0.15) is 0 Å². The Kier molecular flexibility index (Phi) is 3.99. The molecule has 1 unspecified atom stereocenters. The van der Waals surface area contributed by atoms with Gasteiger partial charge in [0.25, 0.3) is 0 Å². The van der Waals surface area contributed by atoms with Crippen molar-refractivity contribution in [3.8, 4) is 0 Å². The predicted molar refractivity (Wildman–Crippen MR) is 62.4 cm³/mol. The monoisotopic (exact) mass is 240 g/mol. The first-order chi connectivity index (χ1) is 8.20. The second-order valence-electron chi connectivity index (χ2n) is 4.83. The van der Waals surface area contributed by atoms with Gasteiger partial charge in [-0.05, 0) is 25.8 Å². The maximum Gasteiger partial charge on any atom is 0.309 e. The number of likely N-dealkylation sites (tertiary alicyclic amines) is 2. The standard InChI is InChI=1S/C12H20N2O3/c1-17-12(16)10-4-2-5-13(8-10)9-11(15)14-6-3-7-14/h10H,2-9H2,1H3. The number of hydrogen-bond acceptors (Lipinski definition) is 4. The van der Waals surface area contributed by atoms with Gasteiger partial charge in [0, 0.05) is 19.6 Å². The molecule has 0 aromatic rings. The van der Waals surface area contributed by atoms with Crippen LogP contribution in [0.15, 0.2) is 0 Å². The average molecular weight is 240 g/mol. The summed E-state index contributed by atoms with van der Waals surface area (Å²) in [4.78, 5) is 27.2. The van der Waals surface area contributed by atoms with Crippen LogP contribution in [0.2, 0.25) is 0 Å². The van der Waals surface area contributed by atoms with Gasteiger partial charge >= 0.3 is 5.97 Å². The van der Waals surface area contributed by atoms with Crippen LogP contribution in [-0.2, 0) is 14.3 Å². The highest BCUT2D eigenvalue weighted by atomic mass is 16.5. The number of hydrogen-bond donors (Lipinski definition) is 0. The number of piperidine rings is 1. The second-order valence-corrected chi connectivity index (χ2v) is 4.83. The Morgan fingerprint density at radius 2 is 2.00 bits per heavy atom. The van der Waals surface area contributed by atoms with Crippen molar-refractivity contribution in [1.29, 1.82) is 0 Å². The van der Waals surface area contributed by atoms with E-state index in [9.17, 15) is 9.59 Å². The molecule has 0 aromatic heterocycles. The summed E-state index contributed by atoms with van der Waals surface area (Å²) in [5.74, 6) is -0.00851. The van der Waals surface area contributed by atoms with Gasteiger partial charge in [-0.3, -0.25) is 14.5 Å². The third-order valence-electron chi connectivity index (χ3n) is 3.61. The van der Waals surface area contributed by atoms with Gasteiger partial charge in [-0.15, -0.1) is 0 Å². The largest absolute Gasteiger partial charge is 0.469 e. The summed E-state index contributed by atoms with van der Waals surface area (Å²) < 4.78 is 4.76. The van der Waals surface area contributed by atoms with Gasteiger partial charge in [-0.2, -0.15) is 0 Å². The van der Waals surface area contributed by atoms with Crippen molar-refractivity contribution in [2.45, 2.75) is 19.3 Å². The quantitative estimate of drug-likeness (QED) is 0.657. The molecule has 1 amide bonds. The zero-order valence-corrected chi connectivity index (χ0v) is 10.4. The first-order valence-electron chi connectivity index (χ1n) is 6.28. The lowest BCUT2D eigenvalue weighted by Crippen LogP contribution is -2.49. The molecule has 1 atom stereocenters. The maximum absolute atomic E-state index is 11.8. The third-order valence-corrected chi connectivity index (χ3v) is 3.61. The van der Waals surface area contributed by atoms with Crippen LogP contribution in [0.25, 0.3) is 0 Å². The van der Waals surface area contributed by atoms with Gasteiger partial charge in [0.05, 0.1) is 19.6 Å². The molecular formula is C12H20N2O3. The Labute approximate surface area is 102 Å². The molecule has 2 saturated heterocycles. The molecule has 0 aliphatic carbocycles. The molecule has 0 saturated carbocycles. The molecule has 2 aliphatic heterocycles. The summed E-state index contributed by atoms with van der Waals surface area (Å²) in [6, 6.07) is 0. The Morgan fingerprint density at radius 1 is 1.24 bits per heavy atom. The highest BCUT2D eigenvalue weighted by molar-refractivity contribution is 5.79. The molecular weight excluding hydrogens is 220 g/mol. The zero-order chi connectivity index (χ0) is 12.3. The minimum atomic E-state index is -0.147. The van der Waals surface area contributed by atoms with Crippen LogP contribution in [0.4, 0.5) is 0 Å². The molecule has 96 valence electrons. The highest BCUT2D eigenvalue weighted by Gasteiger charge is 2.29. The fourth-order valence-corrected chi connectivity index (χ4v) is 2.42. The van der Waals surface area contributed by atoms with Crippen LogP contribution in [0, 0.1) is 5.92 Å². The molecule has 2 aliphatic rings. The van der Waals surface area contributed by atoms with E-state index in [-0.39, 0.29) is 17.8 Å². The van der Waals surface area contributed by atoms with Gasteiger partial charge in [0.15, 0.2) is 0 Å². The third kappa shape index (κ3) is 2.97. The lowest BCUT2D eigenvalue weighted by atomic mass is 9.98. The highest BCUT2D eigenvalue weighted by Crippen LogP contribution is 2.18. The molecule has 0 aromatic carbocycles. The molecule has 0 bridgehead atoms. The molecule has 17 heavy (non-hydrogen) atoms. The van der Waals surface area contributed by atoms with E-state index < -0.39 is 0 Å². The number of methoxy groups -OCH3 is 1. The Hall–Kier alpha value is -1.10. The van der Waals surface area contributed by atoms with E-state index in [0.29, 0.717) is 13.1 Å². The van der Waals surface area contributed by atoms with E-state index in [2.05, 4.69) is 4.90 Å². The molecule has 0 radical (unpaired) electrons. The van der Waals surface area contributed by atoms with Gasteiger partial charge in [-0.1, -0.05) is 0 Å². The van der Waals surface area contributed by atoms with Gasteiger partial charge in [0.2, 0.25) is 5.91 Å². The van der Waals surface area contributed by atoms with Crippen LogP contribution < -0.4 is 0 Å². The van der Waals surface area contributed by atoms with E-state index in [1.165, 1.54) is 7.11 Å². The van der Waals surface area contributed by atoms with Gasteiger partial charge < -0.3 is 9.64 Å². The maximum atomic E-state index is 11.8. The van der Waals surface area contributed by atoms with E-state index in [1.807, 2.05) is 4.90 Å². The van der Waals surface area contributed by atoms with Crippen LogP contribution in [0.1, 0.15) is 19.3 Å². The van der Waals surface area contributed by atoms with Crippen LogP contribution in [-0.4, -0.2) is 61.5 Å².